The number of hydrogen-bond donors (Lipinski definition) is 1. The summed E-state index contributed by atoms with van der Waals surface area (Å²) >= 11 is 0. The summed E-state index contributed by atoms with van der Waals surface area (Å²) in [5.41, 5.74) is 6.82. The number of fused-ring (bicyclic) bond motifs is 2. The Morgan fingerprint density at radius 1 is 1.00 bits per heavy atom. The highest BCUT2D eigenvalue weighted by Crippen LogP contribution is 2.45. The summed E-state index contributed by atoms with van der Waals surface area (Å²) in [7, 11) is 0. The summed E-state index contributed by atoms with van der Waals surface area (Å²) in [6.07, 6.45) is 2.27. The molecule has 5 heteroatoms. The van der Waals surface area contributed by atoms with Crippen molar-refractivity contribution in [3.8, 4) is 16.9 Å². The largest absolute Gasteiger partial charge is 0.489 e. The molecule has 0 spiro atoms. The van der Waals surface area contributed by atoms with E-state index in [-0.39, 0.29) is 6.09 Å². The van der Waals surface area contributed by atoms with Crippen molar-refractivity contribution in [3.05, 3.63) is 83.4 Å². The highest BCUT2D eigenvalue weighted by atomic mass is 16.6. The Labute approximate surface area is 189 Å². The zero-order valence-electron chi connectivity index (χ0n) is 18.2. The molecule has 0 saturated carbocycles. The standard InChI is InChI=1S/C27H28N2O3/c30-27(32-17-13-20-7-3-1-4-8-20)29-16-18-31-26-24(29)19-22-11-14-28-15-12-23(22)25(26)21-9-5-2-6-10-21/h1-10,19,28H,11-18H2. The fourth-order valence-electron chi connectivity index (χ4n) is 4.60. The minimum absolute atomic E-state index is 0.309. The van der Waals surface area contributed by atoms with E-state index in [9.17, 15) is 4.79 Å². The van der Waals surface area contributed by atoms with Crippen LogP contribution in [0.3, 0.4) is 0 Å². The molecule has 164 valence electrons. The number of ether oxygens (including phenoxy) is 2. The number of hydrogen-bond acceptors (Lipinski definition) is 4. The molecule has 1 N–H and O–H groups in total. The molecule has 3 aromatic carbocycles. The van der Waals surface area contributed by atoms with Crippen molar-refractivity contribution >= 4 is 11.8 Å². The van der Waals surface area contributed by atoms with E-state index in [1.807, 2.05) is 36.4 Å². The minimum Gasteiger partial charge on any atom is -0.489 e. The molecule has 5 rings (SSSR count). The fourth-order valence-corrected chi connectivity index (χ4v) is 4.60. The van der Waals surface area contributed by atoms with Gasteiger partial charge in [0.2, 0.25) is 0 Å². The number of nitrogens with one attached hydrogen (secondary N) is 1. The lowest BCUT2D eigenvalue weighted by molar-refractivity contribution is 0.151. The number of carbonyl (C=O) groups excluding carboxylic acids is 1. The van der Waals surface area contributed by atoms with E-state index in [2.05, 4.69) is 35.6 Å². The van der Waals surface area contributed by atoms with Crippen LogP contribution in [0.2, 0.25) is 0 Å². The zero-order chi connectivity index (χ0) is 21.8. The summed E-state index contributed by atoms with van der Waals surface area (Å²) in [4.78, 5) is 14.8. The highest BCUT2D eigenvalue weighted by Gasteiger charge is 2.30. The van der Waals surface area contributed by atoms with Crippen molar-refractivity contribution in [2.45, 2.75) is 19.3 Å². The zero-order valence-corrected chi connectivity index (χ0v) is 18.2. The Hall–Kier alpha value is -3.31. The second kappa shape index (κ2) is 9.45. The molecule has 1 amide bonds. The molecule has 5 nitrogen and oxygen atoms in total. The van der Waals surface area contributed by atoms with Crippen LogP contribution in [0.1, 0.15) is 16.7 Å². The Balaban J connectivity index is 1.47. The Bertz CT molecular complexity index is 1080. The van der Waals surface area contributed by atoms with Gasteiger partial charge in [-0.05, 0) is 54.3 Å². The van der Waals surface area contributed by atoms with Crippen LogP contribution in [0.25, 0.3) is 11.1 Å². The normalized spacial score (nSPS) is 15.2. The van der Waals surface area contributed by atoms with E-state index in [0.29, 0.717) is 26.2 Å². The summed E-state index contributed by atoms with van der Waals surface area (Å²) in [6, 6.07) is 22.6. The predicted octanol–water partition coefficient (Wildman–Crippen LogP) is 4.62. The lowest BCUT2D eigenvalue weighted by Crippen LogP contribution is -2.39. The van der Waals surface area contributed by atoms with Crippen molar-refractivity contribution in [3.63, 3.8) is 0 Å². The third-order valence-electron chi connectivity index (χ3n) is 6.18. The van der Waals surface area contributed by atoms with Gasteiger partial charge in [-0.1, -0.05) is 60.7 Å². The molecule has 0 radical (unpaired) electrons. The van der Waals surface area contributed by atoms with Gasteiger partial charge in [-0.25, -0.2) is 4.79 Å². The maximum Gasteiger partial charge on any atom is 0.414 e. The first-order valence-corrected chi connectivity index (χ1v) is 11.4. The second-order valence-corrected chi connectivity index (χ2v) is 8.20. The van der Waals surface area contributed by atoms with Crippen LogP contribution in [0.4, 0.5) is 10.5 Å². The van der Waals surface area contributed by atoms with Crippen LogP contribution in [-0.4, -0.2) is 38.9 Å². The molecule has 0 aliphatic carbocycles. The molecular weight excluding hydrogens is 400 g/mol. The smallest absolute Gasteiger partial charge is 0.414 e. The van der Waals surface area contributed by atoms with E-state index in [0.717, 1.165) is 54.1 Å². The van der Waals surface area contributed by atoms with Gasteiger partial charge in [-0.15, -0.1) is 0 Å². The lowest BCUT2D eigenvalue weighted by atomic mass is 9.90. The molecule has 2 aliphatic heterocycles. The van der Waals surface area contributed by atoms with Crippen molar-refractivity contribution in [2.24, 2.45) is 0 Å². The number of rotatable bonds is 4. The monoisotopic (exact) mass is 428 g/mol. The molecule has 0 aromatic heterocycles. The fraction of sp³-hybridized carbons (Fsp3) is 0.296. The molecule has 0 fully saturated rings. The van der Waals surface area contributed by atoms with Crippen molar-refractivity contribution < 1.29 is 14.3 Å². The molecule has 0 atom stereocenters. The summed E-state index contributed by atoms with van der Waals surface area (Å²) in [6.45, 7) is 3.18. The van der Waals surface area contributed by atoms with E-state index < -0.39 is 0 Å². The van der Waals surface area contributed by atoms with Gasteiger partial charge in [0, 0.05) is 12.0 Å². The molecule has 2 aliphatic rings. The molecule has 2 heterocycles. The average molecular weight is 429 g/mol. The highest BCUT2D eigenvalue weighted by molar-refractivity contribution is 5.94. The second-order valence-electron chi connectivity index (χ2n) is 8.20. The van der Waals surface area contributed by atoms with Crippen LogP contribution in [-0.2, 0) is 24.0 Å². The SMILES string of the molecule is O=C(OCCc1ccccc1)N1CCOc2c1cc1c(c2-c2ccccc2)CCNCC1. The van der Waals surface area contributed by atoms with Crippen LogP contribution >= 0.6 is 0 Å². The third kappa shape index (κ3) is 4.21. The van der Waals surface area contributed by atoms with Gasteiger partial charge in [0.1, 0.15) is 6.61 Å². The summed E-state index contributed by atoms with van der Waals surface area (Å²) in [5, 5.41) is 3.49. The molecular formula is C27H28N2O3. The summed E-state index contributed by atoms with van der Waals surface area (Å²) in [5.74, 6) is 0.795. The average Bonchev–Trinajstić information content (AvgIpc) is 3.08. The van der Waals surface area contributed by atoms with E-state index >= 15 is 0 Å². The predicted molar refractivity (Wildman–Crippen MR) is 126 cm³/mol. The third-order valence-corrected chi connectivity index (χ3v) is 6.18. The van der Waals surface area contributed by atoms with Gasteiger partial charge in [-0.3, -0.25) is 4.90 Å². The molecule has 3 aromatic rings. The van der Waals surface area contributed by atoms with E-state index in [1.165, 1.54) is 11.1 Å². The Morgan fingerprint density at radius 3 is 2.56 bits per heavy atom. The molecule has 0 saturated heterocycles. The van der Waals surface area contributed by atoms with Gasteiger partial charge in [0.25, 0.3) is 0 Å². The quantitative estimate of drug-likeness (QED) is 0.659. The van der Waals surface area contributed by atoms with Crippen molar-refractivity contribution in [2.75, 3.05) is 37.7 Å². The first-order chi connectivity index (χ1) is 15.8. The van der Waals surface area contributed by atoms with E-state index in [4.69, 9.17) is 9.47 Å². The van der Waals surface area contributed by atoms with Crippen LogP contribution in [0.15, 0.2) is 66.7 Å². The van der Waals surface area contributed by atoms with Gasteiger partial charge < -0.3 is 14.8 Å². The van der Waals surface area contributed by atoms with Crippen LogP contribution in [0.5, 0.6) is 5.75 Å². The van der Waals surface area contributed by atoms with Gasteiger partial charge in [0.15, 0.2) is 5.75 Å². The number of nitrogens with zero attached hydrogens (tertiary/aromatic N) is 1. The van der Waals surface area contributed by atoms with Gasteiger partial charge in [-0.2, -0.15) is 0 Å². The van der Waals surface area contributed by atoms with Gasteiger partial charge in [0.05, 0.1) is 18.8 Å². The lowest BCUT2D eigenvalue weighted by Gasteiger charge is -2.32. The minimum atomic E-state index is -0.309. The Morgan fingerprint density at radius 2 is 1.75 bits per heavy atom. The van der Waals surface area contributed by atoms with Crippen LogP contribution < -0.4 is 15.0 Å². The maximum atomic E-state index is 13.1. The molecule has 0 bridgehead atoms. The summed E-state index contributed by atoms with van der Waals surface area (Å²) < 4.78 is 11.9. The maximum absolute atomic E-state index is 13.1. The number of benzene rings is 3. The van der Waals surface area contributed by atoms with Gasteiger partial charge >= 0.3 is 6.09 Å². The first-order valence-electron chi connectivity index (χ1n) is 11.4. The van der Waals surface area contributed by atoms with Crippen molar-refractivity contribution in [1.82, 2.24) is 5.32 Å². The molecule has 0 unspecified atom stereocenters. The van der Waals surface area contributed by atoms with E-state index in [1.54, 1.807) is 4.90 Å². The van der Waals surface area contributed by atoms with Crippen LogP contribution in [0, 0.1) is 0 Å². The Kier molecular flexibility index (Phi) is 6.08. The molecule has 32 heavy (non-hydrogen) atoms. The number of anilines is 1. The number of amides is 1. The first kappa shape index (κ1) is 20.6. The topological polar surface area (TPSA) is 50.8 Å². The van der Waals surface area contributed by atoms with Crippen molar-refractivity contribution in [1.29, 1.82) is 0 Å². The number of carbonyl (C=O) groups is 1.